The van der Waals surface area contributed by atoms with Crippen molar-refractivity contribution in [2.75, 3.05) is 4.72 Å². The Morgan fingerprint density at radius 3 is 2.61 bits per heavy atom. The van der Waals surface area contributed by atoms with Crippen LogP contribution in [-0.4, -0.2) is 18.4 Å². The molecule has 2 aromatic rings. The first-order chi connectivity index (χ1) is 8.49. The zero-order valence-corrected chi connectivity index (χ0v) is 12.0. The van der Waals surface area contributed by atoms with E-state index in [1.165, 1.54) is 24.5 Å². The number of nitrogens with zero attached hydrogens (tertiary/aromatic N) is 2. The van der Waals surface area contributed by atoms with Gasteiger partial charge in [-0.15, -0.1) is 0 Å². The van der Waals surface area contributed by atoms with E-state index in [2.05, 4.69) is 30.6 Å². The van der Waals surface area contributed by atoms with E-state index >= 15 is 0 Å². The largest absolute Gasteiger partial charge is 0.264 e. The zero-order valence-electron chi connectivity index (χ0n) is 8.84. The smallest absolute Gasteiger partial charge is 0.262 e. The number of aromatic nitrogens is 2. The lowest BCUT2D eigenvalue weighted by Gasteiger charge is -2.08. The minimum atomic E-state index is -3.72. The molecule has 18 heavy (non-hydrogen) atoms. The first-order valence-corrected chi connectivity index (χ1v) is 7.39. The second kappa shape index (κ2) is 5.21. The predicted octanol–water partition coefficient (Wildman–Crippen LogP) is 2.69. The lowest BCUT2D eigenvalue weighted by Crippen LogP contribution is -2.14. The van der Waals surface area contributed by atoms with E-state index < -0.39 is 10.0 Å². The third kappa shape index (κ3) is 2.98. The summed E-state index contributed by atoms with van der Waals surface area (Å²) in [6.45, 7) is 0. The van der Waals surface area contributed by atoms with Gasteiger partial charge in [0.15, 0.2) is 5.82 Å². The molecule has 2 rings (SSSR count). The van der Waals surface area contributed by atoms with Crippen molar-refractivity contribution >= 4 is 43.4 Å². The van der Waals surface area contributed by atoms with Crippen molar-refractivity contribution in [1.29, 1.82) is 0 Å². The first-order valence-electron chi connectivity index (χ1n) is 4.74. The molecule has 8 heteroatoms. The van der Waals surface area contributed by atoms with E-state index in [1.807, 2.05) is 0 Å². The highest BCUT2D eigenvalue weighted by Crippen LogP contribution is 2.22. The quantitative estimate of drug-likeness (QED) is 0.866. The standard InChI is InChI=1S/C10H7BrClN3O2S/c11-8-2-1-5-13-10(8)15-18(16,17)7-3-4-9(12)14-6-7/h1-6H,(H,13,15). The number of nitrogens with one attached hydrogen (secondary N) is 1. The second-order valence-electron chi connectivity index (χ2n) is 3.26. The molecule has 0 atom stereocenters. The van der Waals surface area contributed by atoms with Gasteiger partial charge in [-0.2, -0.15) is 0 Å². The molecule has 0 aliphatic heterocycles. The van der Waals surface area contributed by atoms with Crippen molar-refractivity contribution in [2.45, 2.75) is 4.90 Å². The van der Waals surface area contributed by atoms with Crippen molar-refractivity contribution < 1.29 is 8.42 Å². The molecule has 2 heterocycles. The maximum absolute atomic E-state index is 12.0. The maximum atomic E-state index is 12.0. The summed E-state index contributed by atoms with van der Waals surface area (Å²) in [5, 5.41) is 0.230. The number of hydrogen-bond acceptors (Lipinski definition) is 4. The van der Waals surface area contributed by atoms with Crippen LogP contribution in [0.5, 0.6) is 0 Å². The second-order valence-corrected chi connectivity index (χ2v) is 6.18. The molecular formula is C10H7BrClN3O2S. The first kappa shape index (κ1) is 13.3. The van der Waals surface area contributed by atoms with Crippen molar-refractivity contribution in [3.05, 3.63) is 46.3 Å². The van der Waals surface area contributed by atoms with Gasteiger partial charge in [-0.1, -0.05) is 11.6 Å². The van der Waals surface area contributed by atoms with Gasteiger partial charge in [0.25, 0.3) is 10.0 Å². The summed E-state index contributed by atoms with van der Waals surface area (Å²) in [6.07, 6.45) is 2.67. The highest BCUT2D eigenvalue weighted by atomic mass is 79.9. The van der Waals surface area contributed by atoms with Gasteiger partial charge in [-0.25, -0.2) is 18.4 Å². The number of rotatable bonds is 3. The van der Waals surface area contributed by atoms with Gasteiger partial charge in [0.2, 0.25) is 0 Å². The summed E-state index contributed by atoms with van der Waals surface area (Å²) in [5.41, 5.74) is 0. The molecule has 0 spiro atoms. The Balaban J connectivity index is 2.33. The molecule has 0 aliphatic carbocycles. The van der Waals surface area contributed by atoms with Gasteiger partial charge >= 0.3 is 0 Å². The maximum Gasteiger partial charge on any atom is 0.264 e. The Hall–Kier alpha value is -1.18. The van der Waals surface area contributed by atoms with Crippen molar-refractivity contribution in [3.63, 3.8) is 0 Å². The van der Waals surface area contributed by atoms with Gasteiger partial charge in [-0.3, -0.25) is 4.72 Å². The Morgan fingerprint density at radius 2 is 2.00 bits per heavy atom. The van der Waals surface area contributed by atoms with Crippen molar-refractivity contribution in [3.8, 4) is 0 Å². The molecule has 94 valence electrons. The summed E-state index contributed by atoms with van der Waals surface area (Å²) in [6, 6.07) is 6.15. The van der Waals surface area contributed by atoms with Crippen molar-refractivity contribution in [1.82, 2.24) is 9.97 Å². The van der Waals surface area contributed by atoms with Crippen LogP contribution in [0, 0.1) is 0 Å². The van der Waals surface area contributed by atoms with Crippen LogP contribution in [0.2, 0.25) is 5.15 Å². The minimum Gasteiger partial charge on any atom is -0.262 e. The predicted molar refractivity (Wildman–Crippen MR) is 72.0 cm³/mol. The van der Waals surface area contributed by atoms with Gasteiger partial charge < -0.3 is 0 Å². The molecule has 0 aliphatic rings. The van der Waals surface area contributed by atoms with E-state index in [0.29, 0.717) is 4.47 Å². The molecule has 0 fully saturated rings. The number of anilines is 1. The van der Waals surface area contributed by atoms with Gasteiger partial charge in [0, 0.05) is 12.4 Å². The van der Waals surface area contributed by atoms with Crippen LogP contribution in [0.4, 0.5) is 5.82 Å². The third-order valence-corrected chi connectivity index (χ3v) is 4.19. The lowest BCUT2D eigenvalue weighted by molar-refractivity contribution is 0.600. The third-order valence-electron chi connectivity index (χ3n) is 2.00. The van der Waals surface area contributed by atoms with Crippen LogP contribution < -0.4 is 4.72 Å². The highest BCUT2D eigenvalue weighted by Gasteiger charge is 2.16. The molecule has 2 aromatic heterocycles. The average molecular weight is 349 g/mol. The van der Waals surface area contributed by atoms with Gasteiger partial charge in [0.05, 0.1) is 4.47 Å². The molecule has 0 amide bonds. The zero-order chi connectivity index (χ0) is 13.2. The molecule has 0 bridgehead atoms. The molecular weight excluding hydrogens is 342 g/mol. The molecule has 0 radical (unpaired) electrons. The van der Waals surface area contributed by atoms with E-state index in [9.17, 15) is 8.42 Å². The van der Waals surface area contributed by atoms with E-state index in [0.717, 1.165) is 0 Å². The average Bonchev–Trinajstić information content (AvgIpc) is 2.32. The number of halogens is 2. The Labute approximate surface area is 117 Å². The molecule has 0 unspecified atom stereocenters. The van der Waals surface area contributed by atoms with Crippen LogP contribution in [0.25, 0.3) is 0 Å². The summed E-state index contributed by atoms with van der Waals surface area (Å²) < 4.78 is 26.9. The van der Waals surface area contributed by atoms with Gasteiger partial charge in [0.1, 0.15) is 10.0 Å². The van der Waals surface area contributed by atoms with Crippen LogP contribution in [-0.2, 0) is 10.0 Å². The van der Waals surface area contributed by atoms with E-state index in [1.54, 1.807) is 12.1 Å². The highest BCUT2D eigenvalue weighted by molar-refractivity contribution is 9.10. The van der Waals surface area contributed by atoms with Gasteiger partial charge in [-0.05, 0) is 40.2 Å². The molecule has 0 saturated heterocycles. The summed E-state index contributed by atoms with van der Waals surface area (Å²) in [4.78, 5) is 7.66. The lowest BCUT2D eigenvalue weighted by atomic mass is 10.5. The fourth-order valence-corrected chi connectivity index (χ4v) is 2.74. The minimum absolute atomic E-state index is 0.0180. The van der Waals surface area contributed by atoms with Crippen LogP contribution in [0.3, 0.4) is 0 Å². The SMILES string of the molecule is O=S(=O)(Nc1ncccc1Br)c1ccc(Cl)nc1. The van der Waals surface area contributed by atoms with Crippen LogP contribution >= 0.6 is 27.5 Å². The number of hydrogen-bond donors (Lipinski definition) is 1. The molecule has 0 aromatic carbocycles. The van der Waals surface area contributed by atoms with E-state index in [4.69, 9.17) is 11.6 Å². The fourth-order valence-electron chi connectivity index (χ4n) is 1.17. The number of sulfonamides is 1. The summed E-state index contributed by atoms with van der Waals surface area (Å²) in [5.74, 6) is 0.215. The Kier molecular flexibility index (Phi) is 3.84. The van der Waals surface area contributed by atoms with E-state index in [-0.39, 0.29) is 15.9 Å². The normalized spacial score (nSPS) is 11.2. The Morgan fingerprint density at radius 1 is 1.22 bits per heavy atom. The van der Waals surface area contributed by atoms with Crippen LogP contribution in [0.1, 0.15) is 0 Å². The number of pyridine rings is 2. The molecule has 1 N–H and O–H groups in total. The topological polar surface area (TPSA) is 72.0 Å². The molecule has 0 saturated carbocycles. The monoisotopic (exact) mass is 347 g/mol. The fraction of sp³-hybridized carbons (Fsp3) is 0. The summed E-state index contributed by atoms with van der Waals surface area (Å²) in [7, 11) is -3.72. The van der Waals surface area contributed by atoms with Crippen LogP contribution in [0.15, 0.2) is 46.0 Å². The Bertz CT molecular complexity index is 661. The van der Waals surface area contributed by atoms with Crippen molar-refractivity contribution in [2.24, 2.45) is 0 Å². The summed E-state index contributed by atoms with van der Waals surface area (Å²) >= 11 is 8.81. The molecule has 5 nitrogen and oxygen atoms in total.